The fourth-order valence-corrected chi connectivity index (χ4v) is 4.85. The van der Waals surface area contributed by atoms with Crippen LogP contribution in [0.1, 0.15) is 19.3 Å². The van der Waals surface area contributed by atoms with Gasteiger partial charge < -0.3 is 10.6 Å². The lowest BCUT2D eigenvalue weighted by atomic mass is 9.95. The van der Waals surface area contributed by atoms with Crippen LogP contribution in [0.2, 0.25) is 5.02 Å². The zero-order valence-electron chi connectivity index (χ0n) is 14.5. The molecule has 8 heteroatoms. The second-order valence-corrected chi connectivity index (χ2v) is 8.35. The number of benzene rings is 1. The molecule has 2 amide bonds. The molecule has 2 fully saturated rings. The Bertz CT molecular complexity index is 662. The molecule has 1 aromatic carbocycles. The van der Waals surface area contributed by atoms with Crippen LogP contribution in [-0.2, 0) is 9.59 Å². The minimum absolute atomic E-state index is 0.101. The number of hydrogen-bond donors (Lipinski definition) is 2. The molecule has 3 rings (SSSR count). The van der Waals surface area contributed by atoms with Crippen LogP contribution in [0.3, 0.4) is 0 Å². The third-order valence-corrected chi connectivity index (χ3v) is 6.44. The predicted molar refractivity (Wildman–Crippen MR) is 103 cm³/mol. The quantitative estimate of drug-likeness (QED) is 0.764. The Morgan fingerprint density at radius 2 is 2.00 bits per heavy atom. The second kappa shape index (κ2) is 9.06. The fraction of sp³-hybridized carbons (Fsp3) is 0.556. The van der Waals surface area contributed by atoms with Crippen molar-refractivity contribution in [3.05, 3.63) is 29.0 Å². The standard InChI is InChI=1S/C18H23ClFN3O2S/c19-15-9-13(1-2-16(15)20)22-18(25)17(24)21-10-12-3-6-23(7-4-12)14-5-8-26-11-14/h1-2,9,12,14H,3-8,10-11H2,(H,21,24)(H,22,25)/t14-/m0/s1. The normalized spacial score (nSPS) is 21.5. The van der Waals surface area contributed by atoms with E-state index in [4.69, 9.17) is 11.6 Å². The monoisotopic (exact) mass is 399 g/mol. The van der Waals surface area contributed by atoms with Crippen molar-refractivity contribution in [1.29, 1.82) is 0 Å². The first kappa shape index (κ1) is 19.5. The van der Waals surface area contributed by atoms with E-state index in [1.165, 1.54) is 30.1 Å². The van der Waals surface area contributed by atoms with E-state index < -0.39 is 17.6 Å². The van der Waals surface area contributed by atoms with Gasteiger partial charge in [0.05, 0.1) is 5.02 Å². The summed E-state index contributed by atoms with van der Waals surface area (Å²) in [6.07, 6.45) is 3.35. The lowest BCUT2D eigenvalue weighted by molar-refractivity contribution is -0.136. The molecule has 0 radical (unpaired) electrons. The van der Waals surface area contributed by atoms with Gasteiger partial charge in [0, 0.05) is 24.0 Å². The van der Waals surface area contributed by atoms with E-state index in [1.54, 1.807) is 0 Å². The van der Waals surface area contributed by atoms with Gasteiger partial charge in [-0.15, -0.1) is 0 Å². The summed E-state index contributed by atoms with van der Waals surface area (Å²) < 4.78 is 13.1. The van der Waals surface area contributed by atoms with Crippen molar-refractivity contribution in [2.24, 2.45) is 5.92 Å². The molecule has 0 saturated carbocycles. The predicted octanol–water partition coefficient (Wildman–Crippen LogP) is 2.75. The van der Waals surface area contributed by atoms with E-state index >= 15 is 0 Å². The molecule has 1 aromatic rings. The number of nitrogens with one attached hydrogen (secondary N) is 2. The van der Waals surface area contributed by atoms with Crippen molar-refractivity contribution < 1.29 is 14.0 Å². The molecule has 26 heavy (non-hydrogen) atoms. The summed E-state index contributed by atoms with van der Waals surface area (Å²) in [7, 11) is 0. The van der Waals surface area contributed by atoms with Crippen LogP contribution in [0.5, 0.6) is 0 Å². The van der Waals surface area contributed by atoms with Crippen molar-refractivity contribution in [3.63, 3.8) is 0 Å². The Kier molecular flexibility index (Phi) is 6.78. The molecule has 0 unspecified atom stereocenters. The summed E-state index contributed by atoms with van der Waals surface area (Å²) in [6.45, 7) is 2.63. The van der Waals surface area contributed by atoms with Crippen LogP contribution in [-0.4, -0.2) is 53.9 Å². The van der Waals surface area contributed by atoms with E-state index in [9.17, 15) is 14.0 Å². The molecule has 1 atom stereocenters. The third-order valence-electron chi connectivity index (χ3n) is 5.01. The number of anilines is 1. The van der Waals surface area contributed by atoms with Crippen LogP contribution in [0, 0.1) is 11.7 Å². The van der Waals surface area contributed by atoms with Crippen LogP contribution < -0.4 is 10.6 Å². The topological polar surface area (TPSA) is 61.4 Å². The highest BCUT2D eigenvalue weighted by molar-refractivity contribution is 7.99. The maximum atomic E-state index is 13.1. The summed E-state index contributed by atoms with van der Waals surface area (Å²) in [4.78, 5) is 26.5. The maximum Gasteiger partial charge on any atom is 0.313 e. The first-order valence-corrected chi connectivity index (χ1v) is 10.4. The van der Waals surface area contributed by atoms with Crippen molar-refractivity contribution in [2.75, 3.05) is 36.5 Å². The van der Waals surface area contributed by atoms with Gasteiger partial charge in [0.2, 0.25) is 0 Å². The number of carbonyl (C=O) groups excluding carboxylic acids is 2. The average molecular weight is 400 g/mol. The smallest absolute Gasteiger partial charge is 0.313 e. The number of amides is 2. The van der Waals surface area contributed by atoms with Gasteiger partial charge in [-0.2, -0.15) is 11.8 Å². The van der Waals surface area contributed by atoms with Gasteiger partial charge in [0.25, 0.3) is 0 Å². The Balaban J connectivity index is 1.39. The molecule has 5 nitrogen and oxygen atoms in total. The summed E-state index contributed by atoms with van der Waals surface area (Å²) >= 11 is 7.69. The number of halogens is 2. The largest absolute Gasteiger partial charge is 0.348 e. The Morgan fingerprint density at radius 1 is 1.23 bits per heavy atom. The summed E-state index contributed by atoms with van der Waals surface area (Å²) in [5.41, 5.74) is 0.291. The average Bonchev–Trinajstić information content (AvgIpc) is 3.18. The van der Waals surface area contributed by atoms with Gasteiger partial charge in [-0.05, 0) is 62.2 Å². The van der Waals surface area contributed by atoms with Gasteiger partial charge in [-0.25, -0.2) is 4.39 Å². The second-order valence-electron chi connectivity index (χ2n) is 6.79. The first-order chi connectivity index (χ1) is 12.5. The van der Waals surface area contributed by atoms with E-state index in [0.29, 0.717) is 24.2 Å². The number of hydrogen-bond acceptors (Lipinski definition) is 4. The maximum absolute atomic E-state index is 13.1. The highest BCUT2D eigenvalue weighted by atomic mass is 35.5. The summed E-state index contributed by atoms with van der Waals surface area (Å²) in [5, 5.41) is 5.03. The van der Waals surface area contributed by atoms with Crippen LogP contribution >= 0.6 is 23.4 Å². The molecule has 2 aliphatic heterocycles. The van der Waals surface area contributed by atoms with Gasteiger partial charge in [0.1, 0.15) is 5.82 Å². The van der Waals surface area contributed by atoms with E-state index in [-0.39, 0.29) is 5.02 Å². The molecular weight excluding hydrogens is 377 g/mol. The number of carbonyl (C=O) groups is 2. The number of likely N-dealkylation sites (tertiary alicyclic amines) is 1. The van der Waals surface area contributed by atoms with Gasteiger partial charge in [-0.3, -0.25) is 14.5 Å². The van der Waals surface area contributed by atoms with E-state index in [1.807, 2.05) is 11.8 Å². The number of rotatable bonds is 4. The molecular formula is C18H23ClFN3O2S. The van der Waals surface area contributed by atoms with E-state index in [2.05, 4.69) is 15.5 Å². The molecule has 142 valence electrons. The molecule has 2 saturated heterocycles. The molecule has 0 spiro atoms. The van der Waals surface area contributed by atoms with Gasteiger partial charge >= 0.3 is 11.8 Å². The Morgan fingerprint density at radius 3 is 2.65 bits per heavy atom. The highest BCUT2D eigenvalue weighted by Crippen LogP contribution is 2.26. The van der Waals surface area contributed by atoms with Crippen molar-refractivity contribution in [2.45, 2.75) is 25.3 Å². The van der Waals surface area contributed by atoms with Crippen molar-refractivity contribution >= 4 is 40.9 Å². The number of nitrogens with zero attached hydrogens (tertiary/aromatic N) is 1. The summed E-state index contributed by atoms with van der Waals surface area (Å²) in [5.74, 6) is 0.867. The molecule has 2 aliphatic rings. The molecule has 2 heterocycles. The van der Waals surface area contributed by atoms with Crippen LogP contribution in [0.4, 0.5) is 10.1 Å². The van der Waals surface area contributed by atoms with Crippen LogP contribution in [0.15, 0.2) is 18.2 Å². The zero-order valence-corrected chi connectivity index (χ0v) is 16.0. The lowest BCUT2D eigenvalue weighted by Crippen LogP contribution is -2.45. The van der Waals surface area contributed by atoms with Crippen molar-refractivity contribution in [1.82, 2.24) is 10.2 Å². The first-order valence-electron chi connectivity index (χ1n) is 8.89. The van der Waals surface area contributed by atoms with Crippen molar-refractivity contribution in [3.8, 4) is 0 Å². The minimum atomic E-state index is -0.770. The Hall–Kier alpha value is -1.31. The minimum Gasteiger partial charge on any atom is -0.348 e. The van der Waals surface area contributed by atoms with Crippen LogP contribution in [0.25, 0.3) is 0 Å². The molecule has 0 aliphatic carbocycles. The number of piperidine rings is 1. The summed E-state index contributed by atoms with van der Waals surface area (Å²) in [6, 6.07) is 4.50. The fourth-order valence-electron chi connectivity index (χ4n) is 3.41. The highest BCUT2D eigenvalue weighted by Gasteiger charge is 2.27. The SMILES string of the molecule is O=C(NCC1CCN([C@H]2CCSC2)CC1)C(=O)Nc1ccc(F)c(Cl)c1. The van der Waals surface area contributed by atoms with Gasteiger partial charge in [-0.1, -0.05) is 11.6 Å². The lowest BCUT2D eigenvalue weighted by Gasteiger charge is -2.35. The van der Waals surface area contributed by atoms with Gasteiger partial charge in [0.15, 0.2) is 0 Å². The Labute approximate surface area is 162 Å². The van der Waals surface area contributed by atoms with E-state index in [0.717, 1.165) is 32.0 Å². The molecule has 0 aromatic heterocycles. The molecule has 0 bridgehead atoms. The zero-order chi connectivity index (χ0) is 18.5. The molecule has 2 N–H and O–H groups in total. The third kappa shape index (κ3) is 5.11. The number of thioether (sulfide) groups is 1.